The van der Waals surface area contributed by atoms with Crippen molar-refractivity contribution in [2.45, 2.75) is 12.3 Å². The minimum absolute atomic E-state index is 0.405. The highest BCUT2D eigenvalue weighted by Gasteiger charge is 2.36. The molecule has 2 heteroatoms. The van der Waals surface area contributed by atoms with E-state index in [0.29, 0.717) is 5.92 Å². The molecular weight excluding hydrogens is 318 g/mol. The second-order valence-corrected chi connectivity index (χ2v) is 7.31. The summed E-state index contributed by atoms with van der Waals surface area (Å²) in [5.74, 6) is 0.405. The van der Waals surface area contributed by atoms with Crippen molar-refractivity contribution in [3.8, 4) is 5.69 Å². The first-order valence-electron chi connectivity index (χ1n) is 9.16. The molecule has 2 aromatic heterocycles. The second kappa shape index (κ2) is 4.28. The molecule has 0 N–H and O–H groups in total. The van der Waals surface area contributed by atoms with E-state index in [9.17, 15) is 0 Å². The van der Waals surface area contributed by atoms with Gasteiger partial charge in [-0.25, -0.2) is 0 Å². The SMILES string of the molecule is C1=Cc2c3n(c4ccccc24)-c2ccc4oc5ccccc5c4c2C3C1. The van der Waals surface area contributed by atoms with E-state index in [1.807, 2.05) is 6.07 Å². The van der Waals surface area contributed by atoms with Crippen LogP contribution >= 0.6 is 0 Å². The van der Waals surface area contributed by atoms with Crippen molar-refractivity contribution in [3.05, 3.63) is 83.6 Å². The molecule has 0 amide bonds. The van der Waals surface area contributed by atoms with Crippen LogP contribution in [0.2, 0.25) is 0 Å². The van der Waals surface area contributed by atoms with Crippen LogP contribution in [0.4, 0.5) is 0 Å². The maximum absolute atomic E-state index is 6.15. The Morgan fingerprint density at radius 3 is 2.65 bits per heavy atom. The molecule has 1 atom stereocenters. The van der Waals surface area contributed by atoms with Gasteiger partial charge in [0.25, 0.3) is 0 Å². The number of benzene rings is 3. The lowest BCUT2D eigenvalue weighted by molar-refractivity contribution is 0.668. The molecule has 0 saturated heterocycles. The topological polar surface area (TPSA) is 18.1 Å². The molecule has 1 aliphatic carbocycles. The molecule has 5 aromatic rings. The van der Waals surface area contributed by atoms with E-state index in [2.05, 4.69) is 71.3 Å². The molecule has 0 bridgehead atoms. The lowest BCUT2D eigenvalue weighted by Gasteiger charge is -2.15. The van der Waals surface area contributed by atoms with Crippen LogP contribution in [-0.2, 0) is 0 Å². The van der Waals surface area contributed by atoms with Crippen LogP contribution in [0.25, 0.3) is 44.6 Å². The highest BCUT2D eigenvalue weighted by Crippen LogP contribution is 2.52. The Kier molecular flexibility index (Phi) is 2.14. The summed E-state index contributed by atoms with van der Waals surface area (Å²) in [7, 11) is 0. The summed E-state index contributed by atoms with van der Waals surface area (Å²) in [5.41, 5.74) is 8.85. The fraction of sp³-hybridized carbons (Fsp3) is 0.0833. The third-order valence-electron chi connectivity index (χ3n) is 6.09. The zero-order valence-electron chi connectivity index (χ0n) is 14.1. The van der Waals surface area contributed by atoms with Gasteiger partial charge in [0.05, 0.1) is 11.2 Å². The first kappa shape index (κ1) is 13.0. The van der Waals surface area contributed by atoms with Crippen LogP contribution in [0, 0.1) is 0 Å². The number of para-hydroxylation sites is 2. The van der Waals surface area contributed by atoms with E-state index in [-0.39, 0.29) is 0 Å². The Bertz CT molecular complexity index is 1410. The summed E-state index contributed by atoms with van der Waals surface area (Å²) in [5, 5.41) is 3.87. The van der Waals surface area contributed by atoms with Gasteiger partial charge in [0.2, 0.25) is 0 Å². The number of allylic oxidation sites excluding steroid dienone is 1. The van der Waals surface area contributed by atoms with Gasteiger partial charge in [-0.2, -0.15) is 0 Å². The molecule has 0 radical (unpaired) electrons. The Hall–Kier alpha value is -3.26. The van der Waals surface area contributed by atoms with E-state index < -0.39 is 0 Å². The molecule has 1 aliphatic heterocycles. The predicted octanol–water partition coefficient (Wildman–Crippen LogP) is 6.39. The normalized spacial score (nSPS) is 17.3. The third-order valence-corrected chi connectivity index (χ3v) is 6.09. The van der Waals surface area contributed by atoms with Crippen molar-refractivity contribution in [3.63, 3.8) is 0 Å². The highest BCUT2D eigenvalue weighted by molar-refractivity contribution is 6.09. The fourth-order valence-corrected chi connectivity index (χ4v) is 5.13. The van der Waals surface area contributed by atoms with Gasteiger partial charge in [-0.1, -0.05) is 48.6 Å². The van der Waals surface area contributed by atoms with Crippen molar-refractivity contribution in [2.24, 2.45) is 0 Å². The first-order valence-corrected chi connectivity index (χ1v) is 9.16. The van der Waals surface area contributed by atoms with Gasteiger partial charge in [0, 0.05) is 33.3 Å². The Balaban J connectivity index is 1.72. The summed E-state index contributed by atoms with van der Waals surface area (Å²) in [6, 6.07) is 21.5. The van der Waals surface area contributed by atoms with Gasteiger partial charge in [-0.15, -0.1) is 0 Å². The Morgan fingerprint density at radius 1 is 0.846 bits per heavy atom. The van der Waals surface area contributed by atoms with Crippen molar-refractivity contribution < 1.29 is 4.42 Å². The monoisotopic (exact) mass is 333 g/mol. The largest absolute Gasteiger partial charge is 0.456 e. The van der Waals surface area contributed by atoms with E-state index in [1.165, 1.54) is 44.2 Å². The predicted molar refractivity (Wildman–Crippen MR) is 106 cm³/mol. The standard InChI is InChI=1S/C24H15NO/c1-3-10-18-14(6-1)15-8-5-9-17-22-19(25(18)24(15)17)12-13-21-23(22)16-7-2-4-11-20(16)26-21/h1-8,10-13,17H,9H2. The lowest BCUT2D eigenvalue weighted by Crippen LogP contribution is -2.01. The van der Waals surface area contributed by atoms with Gasteiger partial charge in [-0.3, -0.25) is 0 Å². The molecule has 0 saturated carbocycles. The van der Waals surface area contributed by atoms with Gasteiger partial charge in [-0.05, 0) is 36.2 Å². The number of furan rings is 1. The van der Waals surface area contributed by atoms with Gasteiger partial charge in [0.1, 0.15) is 11.2 Å². The number of aromatic nitrogens is 1. The van der Waals surface area contributed by atoms with Crippen LogP contribution in [0.15, 0.2) is 71.2 Å². The minimum atomic E-state index is 0.405. The lowest BCUT2D eigenvalue weighted by atomic mass is 9.85. The highest BCUT2D eigenvalue weighted by atomic mass is 16.3. The van der Waals surface area contributed by atoms with Gasteiger partial charge in [0.15, 0.2) is 0 Å². The molecule has 0 fully saturated rings. The Labute approximate surface area is 150 Å². The number of fused-ring (bicyclic) bond motifs is 10. The van der Waals surface area contributed by atoms with Gasteiger partial charge < -0.3 is 8.98 Å². The maximum Gasteiger partial charge on any atom is 0.135 e. The molecule has 26 heavy (non-hydrogen) atoms. The van der Waals surface area contributed by atoms with Crippen LogP contribution in [0.1, 0.15) is 29.2 Å². The third kappa shape index (κ3) is 1.34. The van der Waals surface area contributed by atoms with Crippen molar-refractivity contribution in [2.75, 3.05) is 0 Å². The average molecular weight is 333 g/mol. The summed E-state index contributed by atoms with van der Waals surface area (Å²) >= 11 is 0. The summed E-state index contributed by atoms with van der Waals surface area (Å²) in [6.45, 7) is 0. The second-order valence-electron chi connectivity index (χ2n) is 7.31. The summed E-state index contributed by atoms with van der Waals surface area (Å²) in [4.78, 5) is 0. The summed E-state index contributed by atoms with van der Waals surface area (Å²) in [6.07, 6.45) is 5.69. The van der Waals surface area contributed by atoms with E-state index >= 15 is 0 Å². The molecule has 122 valence electrons. The zero-order valence-corrected chi connectivity index (χ0v) is 14.1. The summed E-state index contributed by atoms with van der Waals surface area (Å²) < 4.78 is 8.64. The molecule has 2 aliphatic rings. The fourth-order valence-electron chi connectivity index (χ4n) is 5.13. The maximum atomic E-state index is 6.15. The quantitative estimate of drug-likeness (QED) is 0.321. The minimum Gasteiger partial charge on any atom is -0.456 e. The van der Waals surface area contributed by atoms with E-state index in [1.54, 1.807) is 0 Å². The van der Waals surface area contributed by atoms with Crippen LogP contribution < -0.4 is 0 Å². The molecule has 1 unspecified atom stereocenters. The number of hydrogen-bond acceptors (Lipinski definition) is 1. The molecular formula is C24H15NO. The molecule has 3 heterocycles. The van der Waals surface area contributed by atoms with Crippen molar-refractivity contribution >= 4 is 38.9 Å². The van der Waals surface area contributed by atoms with E-state index in [0.717, 1.165) is 17.6 Å². The van der Waals surface area contributed by atoms with Crippen molar-refractivity contribution in [1.82, 2.24) is 4.57 Å². The Morgan fingerprint density at radius 2 is 1.69 bits per heavy atom. The van der Waals surface area contributed by atoms with E-state index in [4.69, 9.17) is 4.42 Å². The van der Waals surface area contributed by atoms with Crippen LogP contribution in [0.3, 0.4) is 0 Å². The first-order chi connectivity index (χ1) is 12.9. The molecule has 2 nitrogen and oxygen atoms in total. The van der Waals surface area contributed by atoms with Crippen LogP contribution in [0.5, 0.6) is 0 Å². The van der Waals surface area contributed by atoms with Crippen LogP contribution in [-0.4, -0.2) is 4.57 Å². The molecule has 3 aromatic carbocycles. The number of hydrogen-bond donors (Lipinski definition) is 0. The number of rotatable bonds is 0. The molecule has 0 spiro atoms. The number of nitrogens with zero attached hydrogens (tertiary/aromatic N) is 1. The zero-order chi connectivity index (χ0) is 16.8. The smallest absolute Gasteiger partial charge is 0.135 e. The van der Waals surface area contributed by atoms with Crippen molar-refractivity contribution in [1.29, 1.82) is 0 Å². The van der Waals surface area contributed by atoms with Gasteiger partial charge >= 0.3 is 0 Å². The molecule has 7 rings (SSSR count). The average Bonchev–Trinajstić information content (AvgIpc) is 3.33.